The van der Waals surface area contributed by atoms with E-state index in [2.05, 4.69) is 37.0 Å². The van der Waals surface area contributed by atoms with Crippen molar-refractivity contribution in [3.63, 3.8) is 0 Å². The van der Waals surface area contributed by atoms with Gasteiger partial charge in [0.1, 0.15) is 0 Å². The van der Waals surface area contributed by atoms with E-state index in [1.165, 1.54) is 0 Å². The molecule has 1 unspecified atom stereocenters. The largest absolute Gasteiger partial charge is 0.387 e. The number of aryl methyl sites for hydroxylation is 2. The van der Waals surface area contributed by atoms with Crippen LogP contribution in [0.15, 0.2) is 20.4 Å². The predicted molar refractivity (Wildman–Crippen MR) is 76.3 cm³/mol. The molecule has 0 amide bonds. The molecule has 0 aromatic carbocycles. The first-order valence-corrected chi connectivity index (χ1v) is 7.50. The Bertz CT molecular complexity index is 516. The van der Waals surface area contributed by atoms with Crippen molar-refractivity contribution in [1.29, 1.82) is 0 Å². The Labute approximate surface area is 121 Å². The molecule has 2 rings (SSSR count). The summed E-state index contributed by atoms with van der Waals surface area (Å²) in [5.41, 5.74) is 2.01. The number of hydrogen-bond donors (Lipinski definition) is 1. The molecule has 2 aromatic rings. The maximum atomic E-state index is 10.2. The van der Waals surface area contributed by atoms with Crippen LogP contribution in [0.2, 0.25) is 0 Å². The number of hydrogen-bond acceptors (Lipinski definition) is 3. The molecule has 6 heteroatoms. The van der Waals surface area contributed by atoms with Gasteiger partial charge in [-0.1, -0.05) is 0 Å². The highest BCUT2D eigenvalue weighted by Crippen LogP contribution is 2.36. The minimum absolute atomic E-state index is 0.489. The van der Waals surface area contributed by atoms with E-state index in [1.807, 2.05) is 30.8 Å². The van der Waals surface area contributed by atoms with Gasteiger partial charge in [-0.15, -0.1) is 11.3 Å². The number of aromatic nitrogens is 2. The summed E-state index contributed by atoms with van der Waals surface area (Å²) in [6.07, 6.45) is 0.0916. The molecular weight excluding hydrogens is 368 g/mol. The summed E-state index contributed by atoms with van der Waals surface area (Å²) < 4.78 is 3.81. The average Bonchev–Trinajstić information content (AvgIpc) is 2.72. The van der Waals surface area contributed by atoms with Crippen molar-refractivity contribution in [2.45, 2.75) is 19.4 Å². The van der Waals surface area contributed by atoms with Gasteiger partial charge < -0.3 is 5.11 Å². The molecule has 0 saturated heterocycles. The standard InChI is InChI=1S/C11H12Br2N2OS/c1-6-3-7(15(2)14-6)4-9(16)10-5-8(12)11(13)17-10/h3,5,9,16H,4H2,1-2H3. The number of rotatable bonds is 3. The molecule has 0 aliphatic heterocycles. The quantitative estimate of drug-likeness (QED) is 0.884. The second kappa shape index (κ2) is 5.22. The maximum Gasteiger partial charge on any atom is 0.0937 e. The summed E-state index contributed by atoms with van der Waals surface area (Å²) in [7, 11) is 1.90. The average molecular weight is 380 g/mol. The van der Waals surface area contributed by atoms with Crippen LogP contribution >= 0.6 is 43.2 Å². The summed E-state index contributed by atoms with van der Waals surface area (Å²) in [6, 6.07) is 3.95. The minimum Gasteiger partial charge on any atom is -0.387 e. The summed E-state index contributed by atoms with van der Waals surface area (Å²) in [5, 5.41) is 14.4. The van der Waals surface area contributed by atoms with Crippen molar-refractivity contribution in [2.24, 2.45) is 7.05 Å². The number of aliphatic hydroxyl groups excluding tert-OH is 1. The molecule has 2 heterocycles. The predicted octanol–water partition coefficient (Wildman–Crippen LogP) is 3.59. The Morgan fingerprint density at radius 3 is 2.65 bits per heavy atom. The second-order valence-corrected chi connectivity index (χ2v) is 7.15. The molecule has 92 valence electrons. The Hall–Kier alpha value is -0.170. The van der Waals surface area contributed by atoms with E-state index in [1.54, 1.807) is 11.3 Å². The van der Waals surface area contributed by atoms with E-state index < -0.39 is 6.10 Å². The molecular formula is C11H12Br2N2OS. The molecule has 3 nitrogen and oxygen atoms in total. The van der Waals surface area contributed by atoms with Crippen LogP contribution in [0.3, 0.4) is 0 Å². The first-order chi connectivity index (χ1) is 7.97. The molecule has 0 bridgehead atoms. The van der Waals surface area contributed by atoms with Gasteiger partial charge >= 0.3 is 0 Å². The number of halogens is 2. The molecule has 17 heavy (non-hydrogen) atoms. The fourth-order valence-corrected chi connectivity index (χ4v) is 3.76. The van der Waals surface area contributed by atoms with Gasteiger partial charge in [-0.25, -0.2) is 0 Å². The molecule has 0 aliphatic carbocycles. The van der Waals surface area contributed by atoms with Crippen molar-refractivity contribution < 1.29 is 5.11 Å². The summed E-state index contributed by atoms with van der Waals surface area (Å²) in [4.78, 5) is 0.947. The van der Waals surface area contributed by atoms with Gasteiger partial charge in [0.2, 0.25) is 0 Å². The van der Waals surface area contributed by atoms with E-state index >= 15 is 0 Å². The first-order valence-electron chi connectivity index (χ1n) is 5.09. The topological polar surface area (TPSA) is 38.0 Å². The van der Waals surface area contributed by atoms with Gasteiger partial charge in [0.15, 0.2) is 0 Å². The fraction of sp³-hybridized carbons (Fsp3) is 0.364. The molecule has 0 aliphatic rings. The van der Waals surface area contributed by atoms with E-state index in [0.29, 0.717) is 6.42 Å². The Morgan fingerprint density at radius 2 is 2.18 bits per heavy atom. The first kappa shape index (κ1) is 13.3. The van der Waals surface area contributed by atoms with E-state index in [-0.39, 0.29) is 0 Å². The Kier molecular flexibility index (Phi) is 4.07. The Balaban J connectivity index is 2.16. The number of nitrogens with zero attached hydrogens (tertiary/aromatic N) is 2. The lowest BCUT2D eigenvalue weighted by atomic mass is 10.1. The van der Waals surface area contributed by atoms with Gasteiger partial charge in [0.25, 0.3) is 0 Å². The summed E-state index contributed by atoms with van der Waals surface area (Å²) in [6.45, 7) is 1.95. The number of aliphatic hydroxyl groups is 1. The van der Waals surface area contributed by atoms with Gasteiger partial charge in [-0.05, 0) is 50.9 Å². The zero-order valence-corrected chi connectivity index (χ0v) is 13.4. The van der Waals surface area contributed by atoms with Crippen LogP contribution in [0.1, 0.15) is 22.4 Å². The lowest BCUT2D eigenvalue weighted by molar-refractivity contribution is 0.179. The highest BCUT2D eigenvalue weighted by Gasteiger charge is 2.15. The van der Waals surface area contributed by atoms with E-state index in [9.17, 15) is 5.11 Å². The Morgan fingerprint density at radius 1 is 1.47 bits per heavy atom. The highest BCUT2D eigenvalue weighted by molar-refractivity contribution is 9.13. The fourth-order valence-electron chi connectivity index (χ4n) is 1.68. The normalized spacial score (nSPS) is 13.0. The van der Waals surface area contributed by atoms with Crippen molar-refractivity contribution in [2.75, 3.05) is 0 Å². The zero-order valence-electron chi connectivity index (χ0n) is 9.44. The van der Waals surface area contributed by atoms with Crippen LogP contribution < -0.4 is 0 Å². The van der Waals surface area contributed by atoms with Gasteiger partial charge in [-0.3, -0.25) is 4.68 Å². The van der Waals surface area contributed by atoms with Crippen molar-refractivity contribution in [1.82, 2.24) is 9.78 Å². The molecule has 0 fully saturated rings. The van der Waals surface area contributed by atoms with Gasteiger partial charge in [-0.2, -0.15) is 5.10 Å². The van der Waals surface area contributed by atoms with Crippen LogP contribution in [0.5, 0.6) is 0 Å². The lowest BCUT2D eigenvalue weighted by Crippen LogP contribution is -2.05. The molecule has 0 spiro atoms. The molecule has 1 atom stereocenters. The SMILES string of the molecule is Cc1cc(CC(O)c2cc(Br)c(Br)s2)n(C)n1. The van der Waals surface area contributed by atoms with Crippen LogP contribution in [0, 0.1) is 6.92 Å². The van der Waals surface area contributed by atoms with Crippen molar-refractivity contribution in [3.8, 4) is 0 Å². The summed E-state index contributed by atoms with van der Waals surface area (Å²) in [5.74, 6) is 0. The minimum atomic E-state index is -0.489. The molecule has 1 N–H and O–H groups in total. The third kappa shape index (κ3) is 2.99. The third-order valence-electron chi connectivity index (χ3n) is 2.49. The van der Waals surface area contributed by atoms with Gasteiger partial charge in [0.05, 0.1) is 15.6 Å². The maximum absolute atomic E-state index is 10.2. The second-order valence-electron chi connectivity index (χ2n) is 3.89. The van der Waals surface area contributed by atoms with E-state index in [4.69, 9.17) is 0 Å². The molecule has 0 radical (unpaired) electrons. The van der Waals surface area contributed by atoms with Crippen molar-refractivity contribution >= 4 is 43.2 Å². The van der Waals surface area contributed by atoms with Crippen LogP contribution in [-0.4, -0.2) is 14.9 Å². The highest BCUT2D eigenvalue weighted by atomic mass is 79.9. The van der Waals surface area contributed by atoms with Crippen molar-refractivity contribution in [3.05, 3.63) is 36.7 Å². The third-order valence-corrected chi connectivity index (χ3v) is 5.85. The van der Waals surface area contributed by atoms with Crippen LogP contribution in [-0.2, 0) is 13.5 Å². The van der Waals surface area contributed by atoms with Crippen LogP contribution in [0.4, 0.5) is 0 Å². The smallest absolute Gasteiger partial charge is 0.0937 e. The molecule has 0 saturated carbocycles. The molecule has 2 aromatic heterocycles. The van der Waals surface area contributed by atoms with Crippen LogP contribution in [0.25, 0.3) is 0 Å². The zero-order chi connectivity index (χ0) is 12.6. The summed E-state index contributed by atoms with van der Waals surface area (Å²) >= 11 is 8.40. The number of thiophene rings is 1. The monoisotopic (exact) mass is 378 g/mol. The van der Waals surface area contributed by atoms with E-state index in [0.717, 1.165) is 24.5 Å². The van der Waals surface area contributed by atoms with Gasteiger partial charge in [0, 0.05) is 28.5 Å². The lowest BCUT2D eigenvalue weighted by Gasteiger charge is -2.08.